The molecule has 5 heteroatoms. The van der Waals surface area contributed by atoms with Gasteiger partial charge in [0.15, 0.2) is 0 Å². The molecule has 0 aromatic heterocycles. The van der Waals surface area contributed by atoms with Crippen molar-refractivity contribution in [1.29, 1.82) is 0 Å². The van der Waals surface area contributed by atoms with Gasteiger partial charge in [-0.15, -0.1) is 12.3 Å². The molecule has 0 heterocycles. The summed E-state index contributed by atoms with van der Waals surface area (Å²) < 4.78 is 13.7. The summed E-state index contributed by atoms with van der Waals surface area (Å²) in [4.78, 5) is 9.86. The Hall–Kier alpha value is -1.93. The highest BCUT2D eigenvalue weighted by molar-refractivity contribution is 5.36. The van der Waals surface area contributed by atoms with Gasteiger partial charge >= 0.3 is 5.69 Å². The number of benzene rings is 1. The normalized spacial score (nSPS) is 11.8. The first kappa shape index (κ1) is 14.1. The summed E-state index contributed by atoms with van der Waals surface area (Å²) in [5, 5.41) is 13.7. The van der Waals surface area contributed by atoms with E-state index in [-0.39, 0.29) is 18.2 Å². The molecule has 1 atom stereocenters. The Balaban J connectivity index is 2.77. The molecule has 4 nitrogen and oxygen atoms in total. The average molecular weight is 250 g/mol. The zero-order chi connectivity index (χ0) is 13.5. The van der Waals surface area contributed by atoms with Gasteiger partial charge in [-0.1, -0.05) is 19.1 Å². The summed E-state index contributed by atoms with van der Waals surface area (Å²) in [5.74, 6) is 1.75. The molecule has 0 fully saturated rings. The van der Waals surface area contributed by atoms with Gasteiger partial charge < -0.3 is 5.32 Å². The maximum absolute atomic E-state index is 13.7. The molecule has 1 rings (SSSR count). The fourth-order valence-electron chi connectivity index (χ4n) is 1.60. The van der Waals surface area contributed by atoms with E-state index in [0.29, 0.717) is 6.42 Å². The Morgan fingerprint density at radius 2 is 2.33 bits per heavy atom. The van der Waals surface area contributed by atoms with Crippen LogP contribution in [0.4, 0.5) is 10.1 Å². The Labute approximate surface area is 105 Å². The van der Waals surface area contributed by atoms with Crippen LogP contribution < -0.4 is 5.32 Å². The molecule has 1 aromatic carbocycles. The number of rotatable bonds is 6. The number of terminal acetylenes is 1. The predicted octanol–water partition coefficient (Wildman–Crippen LogP) is 2.63. The van der Waals surface area contributed by atoms with E-state index in [2.05, 4.69) is 11.2 Å². The van der Waals surface area contributed by atoms with E-state index in [1.165, 1.54) is 12.1 Å². The second kappa shape index (κ2) is 6.72. The zero-order valence-corrected chi connectivity index (χ0v) is 10.1. The minimum absolute atomic E-state index is 0.0914. The summed E-state index contributed by atoms with van der Waals surface area (Å²) in [7, 11) is 0. The van der Waals surface area contributed by atoms with Crippen molar-refractivity contribution in [3.63, 3.8) is 0 Å². The van der Waals surface area contributed by atoms with Crippen molar-refractivity contribution in [2.75, 3.05) is 0 Å². The lowest BCUT2D eigenvalue weighted by atomic mass is 10.1. The van der Waals surface area contributed by atoms with Gasteiger partial charge in [0.05, 0.1) is 4.92 Å². The highest BCUT2D eigenvalue weighted by Crippen LogP contribution is 2.20. The summed E-state index contributed by atoms with van der Waals surface area (Å²) in [5.41, 5.74) is -0.223. The molecule has 0 radical (unpaired) electrons. The minimum atomic E-state index is -0.787. The summed E-state index contributed by atoms with van der Waals surface area (Å²) in [6.45, 7) is 2.20. The molecule has 0 aliphatic rings. The lowest BCUT2D eigenvalue weighted by Gasteiger charge is -2.14. The molecule has 0 spiro atoms. The molecule has 0 aliphatic carbocycles. The molecule has 1 N–H and O–H groups in total. The SMILES string of the molecule is C#CCC(CC)NCc1cccc([N+](=O)[O-])c1F. The lowest BCUT2D eigenvalue weighted by molar-refractivity contribution is -0.387. The number of nitro benzene ring substituents is 1. The van der Waals surface area contributed by atoms with Crippen molar-refractivity contribution in [2.45, 2.75) is 32.4 Å². The minimum Gasteiger partial charge on any atom is -0.309 e. The highest BCUT2D eigenvalue weighted by atomic mass is 19.1. The van der Waals surface area contributed by atoms with Crippen LogP contribution in [0.15, 0.2) is 18.2 Å². The Bertz CT molecular complexity index is 469. The third-order valence-corrected chi connectivity index (χ3v) is 2.69. The molecule has 0 amide bonds. The number of nitrogens with zero attached hydrogens (tertiary/aromatic N) is 1. The Morgan fingerprint density at radius 3 is 2.89 bits per heavy atom. The second-order valence-electron chi connectivity index (χ2n) is 3.90. The third kappa shape index (κ3) is 3.54. The van der Waals surface area contributed by atoms with Gasteiger partial charge in [-0.05, 0) is 6.42 Å². The molecular weight excluding hydrogens is 235 g/mol. The summed E-state index contributed by atoms with van der Waals surface area (Å²) in [6, 6.07) is 4.24. The molecule has 0 bridgehead atoms. The first-order valence-electron chi connectivity index (χ1n) is 5.68. The molecular formula is C13H15FN2O2. The summed E-state index contributed by atoms with van der Waals surface area (Å²) in [6.07, 6.45) is 6.58. The highest BCUT2D eigenvalue weighted by Gasteiger charge is 2.17. The Kier molecular flexibility index (Phi) is 5.28. The van der Waals surface area contributed by atoms with E-state index in [9.17, 15) is 14.5 Å². The summed E-state index contributed by atoms with van der Waals surface area (Å²) >= 11 is 0. The van der Waals surface area contributed by atoms with Crippen molar-refractivity contribution < 1.29 is 9.31 Å². The van der Waals surface area contributed by atoms with Crippen LogP contribution in [0.3, 0.4) is 0 Å². The van der Waals surface area contributed by atoms with Gasteiger partial charge in [0.1, 0.15) is 0 Å². The van der Waals surface area contributed by atoms with Crippen LogP contribution in [-0.2, 0) is 6.54 Å². The second-order valence-corrected chi connectivity index (χ2v) is 3.90. The number of nitro groups is 1. The standard InChI is InChI=1S/C13H15FN2O2/c1-3-6-11(4-2)15-9-10-7-5-8-12(13(10)14)16(17)18/h1,5,7-8,11,15H,4,6,9H2,2H3. The van der Waals surface area contributed by atoms with Gasteiger partial charge in [0, 0.05) is 30.6 Å². The predicted molar refractivity (Wildman–Crippen MR) is 67.4 cm³/mol. The maximum atomic E-state index is 13.7. The molecule has 0 aliphatic heterocycles. The van der Waals surface area contributed by atoms with Crippen molar-refractivity contribution in [1.82, 2.24) is 5.32 Å². The van der Waals surface area contributed by atoms with Crippen molar-refractivity contribution in [2.24, 2.45) is 0 Å². The zero-order valence-electron chi connectivity index (χ0n) is 10.1. The lowest BCUT2D eigenvalue weighted by Crippen LogP contribution is -2.27. The van der Waals surface area contributed by atoms with Gasteiger partial charge in [-0.25, -0.2) is 0 Å². The van der Waals surface area contributed by atoms with E-state index in [0.717, 1.165) is 12.5 Å². The van der Waals surface area contributed by atoms with Gasteiger partial charge in [-0.3, -0.25) is 10.1 Å². The monoisotopic (exact) mass is 250 g/mol. The Morgan fingerprint density at radius 1 is 1.61 bits per heavy atom. The largest absolute Gasteiger partial charge is 0.309 e. The fraction of sp³-hybridized carbons (Fsp3) is 0.385. The van der Waals surface area contributed by atoms with Crippen molar-refractivity contribution in [3.8, 4) is 12.3 Å². The van der Waals surface area contributed by atoms with Crippen LogP contribution in [-0.4, -0.2) is 11.0 Å². The molecule has 18 heavy (non-hydrogen) atoms. The molecule has 1 aromatic rings. The van der Waals surface area contributed by atoms with Gasteiger partial charge in [0.25, 0.3) is 0 Å². The van der Waals surface area contributed by atoms with Crippen LogP contribution in [0.25, 0.3) is 0 Å². The molecule has 0 saturated carbocycles. The number of hydrogen-bond donors (Lipinski definition) is 1. The number of hydrogen-bond acceptors (Lipinski definition) is 3. The van der Waals surface area contributed by atoms with Crippen LogP contribution in [0.5, 0.6) is 0 Å². The van der Waals surface area contributed by atoms with Crippen molar-refractivity contribution in [3.05, 3.63) is 39.7 Å². The van der Waals surface area contributed by atoms with Gasteiger partial charge in [-0.2, -0.15) is 4.39 Å². The quantitative estimate of drug-likeness (QED) is 0.479. The first-order valence-corrected chi connectivity index (χ1v) is 5.68. The fourth-order valence-corrected chi connectivity index (χ4v) is 1.60. The smallest absolute Gasteiger partial charge is 0.305 e. The van der Waals surface area contributed by atoms with E-state index in [1.807, 2.05) is 6.92 Å². The number of halogens is 1. The third-order valence-electron chi connectivity index (χ3n) is 2.69. The first-order chi connectivity index (χ1) is 8.60. The van der Waals surface area contributed by atoms with Crippen LogP contribution in [0.2, 0.25) is 0 Å². The van der Waals surface area contributed by atoms with Crippen LogP contribution in [0.1, 0.15) is 25.3 Å². The van der Waals surface area contributed by atoms with Gasteiger partial charge in [0.2, 0.25) is 5.82 Å². The van der Waals surface area contributed by atoms with E-state index >= 15 is 0 Å². The van der Waals surface area contributed by atoms with E-state index in [1.54, 1.807) is 0 Å². The topological polar surface area (TPSA) is 55.2 Å². The van der Waals surface area contributed by atoms with Crippen LogP contribution >= 0.6 is 0 Å². The molecule has 1 unspecified atom stereocenters. The maximum Gasteiger partial charge on any atom is 0.305 e. The molecule has 0 saturated heterocycles. The van der Waals surface area contributed by atoms with E-state index < -0.39 is 16.4 Å². The number of nitrogens with one attached hydrogen (secondary N) is 1. The molecule has 96 valence electrons. The van der Waals surface area contributed by atoms with Crippen LogP contribution in [0, 0.1) is 28.3 Å². The van der Waals surface area contributed by atoms with Crippen molar-refractivity contribution >= 4 is 5.69 Å². The van der Waals surface area contributed by atoms with E-state index in [4.69, 9.17) is 6.42 Å². The average Bonchev–Trinajstić information content (AvgIpc) is 2.35.